The highest BCUT2D eigenvalue weighted by atomic mass is 32.2. The van der Waals surface area contributed by atoms with Crippen molar-refractivity contribution in [3.05, 3.63) is 34.7 Å². The summed E-state index contributed by atoms with van der Waals surface area (Å²) in [4.78, 5) is 40.1. The highest BCUT2D eigenvalue weighted by Gasteiger charge is 2.37. The van der Waals surface area contributed by atoms with Crippen LogP contribution in [0.2, 0.25) is 0 Å². The Morgan fingerprint density at radius 3 is 2.36 bits per heavy atom. The molecule has 7 heteroatoms. The van der Waals surface area contributed by atoms with E-state index in [4.69, 9.17) is 0 Å². The minimum Gasteiger partial charge on any atom is -0.508 e. The van der Waals surface area contributed by atoms with Gasteiger partial charge in [0, 0.05) is 13.1 Å². The summed E-state index contributed by atoms with van der Waals surface area (Å²) in [6.07, 6.45) is 5.75. The van der Waals surface area contributed by atoms with Crippen LogP contribution >= 0.6 is 11.8 Å². The summed E-state index contributed by atoms with van der Waals surface area (Å²) in [7, 11) is 0. The van der Waals surface area contributed by atoms with Gasteiger partial charge in [-0.15, -0.1) is 0 Å². The third kappa shape index (κ3) is 4.22. The molecule has 0 bridgehead atoms. The summed E-state index contributed by atoms with van der Waals surface area (Å²) < 4.78 is 0. The van der Waals surface area contributed by atoms with Crippen molar-refractivity contribution in [3.8, 4) is 5.75 Å². The molecule has 3 amide bonds. The zero-order valence-electron chi connectivity index (χ0n) is 13.8. The van der Waals surface area contributed by atoms with E-state index in [-0.39, 0.29) is 18.2 Å². The van der Waals surface area contributed by atoms with E-state index < -0.39 is 11.1 Å². The van der Waals surface area contributed by atoms with E-state index in [1.807, 2.05) is 0 Å². The van der Waals surface area contributed by atoms with Crippen molar-refractivity contribution < 1.29 is 19.5 Å². The lowest BCUT2D eigenvalue weighted by atomic mass is 10.2. The van der Waals surface area contributed by atoms with Crippen LogP contribution in [0.25, 0.3) is 6.08 Å². The number of thioether (sulfide) groups is 1. The molecule has 6 nitrogen and oxygen atoms in total. The quantitative estimate of drug-likeness (QED) is 0.839. The topological polar surface area (TPSA) is 77.9 Å². The van der Waals surface area contributed by atoms with Crippen molar-refractivity contribution in [1.29, 1.82) is 0 Å². The number of hydrogen-bond donors (Lipinski definition) is 1. The van der Waals surface area contributed by atoms with Crippen LogP contribution in [0, 0.1) is 0 Å². The van der Waals surface area contributed by atoms with E-state index in [0.717, 1.165) is 42.3 Å². The van der Waals surface area contributed by atoms with Gasteiger partial charge in [-0.2, -0.15) is 0 Å². The smallest absolute Gasteiger partial charge is 0.294 e. The lowest BCUT2D eigenvalue weighted by molar-refractivity contribution is -0.135. The summed E-state index contributed by atoms with van der Waals surface area (Å²) in [5.41, 5.74) is 0.710. The fraction of sp³-hybridized carbons (Fsp3) is 0.389. The number of rotatable bonds is 3. The maximum Gasteiger partial charge on any atom is 0.294 e. The predicted molar refractivity (Wildman–Crippen MR) is 95.8 cm³/mol. The van der Waals surface area contributed by atoms with Crippen molar-refractivity contribution >= 4 is 34.9 Å². The van der Waals surface area contributed by atoms with Gasteiger partial charge in [-0.1, -0.05) is 25.0 Å². The first-order valence-electron chi connectivity index (χ1n) is 8.37. The Labute approximate surface area is 150 Å². The third-order valence-corrected chi connectivity index (χ3v) is 5.22. The van der Waals surface area contributed by atoms with Gasteiger partial charge >= 0.3 is 0 Å². The second kappa shape index (κ2) is 7.74. The molecule has 2 fully saturated rings. The number of carbonyl (C=O) groups excluding carboxylic acids is 3. The largest absolute Gasteiger partial charge is 0.508 e. The van der Waals surface area contributed by atoms with Crippen molar-refractivity contribution in [1.82, 2.24) is 9.80 Å². The number of amides is 3. The summed E-state index contributed by atoms with van der Waals surface area (Å²) in [6, 6.07) is 6.34. The maximum absolute atomic E-state index is 12.5. The fourth-order valence-electron chi connectivity index (χ4n) is 2.91. The number of phenols is 1. The minimum atomic E-state index is -0.439. The van der Waals surface area contributed by atoms with Gasteiger partial charge in [0.25, 0.3) is 11.1 Å². The number of carbonyl (C=O) groups is 3. The van der Waals surface area contributed by atoms with E-state index in [9.17, 15) is 19.5 Å². The van der Waals surface area contributed by atoms with E-state index in [1.165, 1.54) is 12.1 Å². The second-order valence-corrected chi connectivity index (χ2v) is 7.15. The molecular weight excluding hydrogens is 340 g/mol. The molecule has 0 aromatic heterocycles. The van der Waals surface area contributed by atoms with Crippen molar-refractivity contribution in [3.63, 3.8) is 0 Å². The Bertz CT molecular complexity index is 706. The summed E-state index contributed by atoms with van der Waals surface area (Å²) in [6.45, 7) is 1.19. The number of aromatic hydroxyl groups is 1. The first-order chi connectivity index (χ1) is 12.0. The molecule has 2 aliphatic heterocycles. The zero-order valence-corrected chi connectivity index (χ0v) is 14.6. The zero-order chi connectivity index (χ0) is 17.8. The molecule has 2 aliphatic rings. The molecule has 3 rings (SSSR count). The van der Waals surface area contributed by atoms with Crippen LogP contribution in [0.5, 0.6) is 5.75 Å². The van der Waals surface area contributed by atoms with Gasteiger partial charge in [-0.25, -0.2) is 0 Å². The highest BCUT2D eigenvalue weighted by molar-refractivity contribution is 8.18. The standard InChI is InChI=1S/C18H20N2O4S/c21-14-7-5-13(6-8-14)11-15-17(23)20(18(24)25-15)12-16(22)19-9-3-1-2-4-10-19/h5-8,11,21H,1-4,9-10,12H2/b15-11-. The van der Waals surface area contributed by atoms with Gasteiger partial charge in [-0.05, 0) is 48.4 Å². The summed E-state index contributed by atoms with van der Waals surface area (Å²) in [5, 5.41) is 8.88. The molecule has 25 heavy (non-hydrogen) atoms. The van der Waals surface area contributed by atoms with Crippen LogP contribution in [0.3, 0.4) is 0 Å². The Hall–Kier alpha value is -2.28. The second-order valence-electron chi connectivity index (χ2n) is 6.15. The van der Waals surface area contributed by atoms with Gasteiger partial charge in [-0.3, -0.25) is 19.3 Å². The Kier molecular flexibility index (Phi) is 5.43. The summed E-state index contributed by atoms with van der Waals surface area (Å²) in [5.74, 6) is -0.477. The van der Waals surface area contributed by atoms with Gasteiger partial charge in [0.05, 0.1) is 4.91 Å². The first-order valence-corrected chi connectivity index (χ1v) is 9.18. The molecule has 0 aliphatic carbocycles. The Morgan fingerprint density at radius 1 is 1.08 bits per heavy atom. The maximum atomic E-state index is 12.5. The lowest BCUT2D eigenvalue weighted by Gasteiger charge is -2.22. The monoisotopic (exact) mass is 360 g/mol. The minimum absolute atomic E-state index is 0.133. The number of benzene rings is 1. The molecule has 0 atom stereocenters. The summed E-state index contributed by atoms with van der Waals surface area (Å²) >= 11 is 0.839. The van der Waals surface area contributed by atoms with Crippen LogP contribution in [0.4, 0.5) is 4.79 Å². The number of hydrogen-bond acceptors (Lipinski definition) is 5. The van der Waals surface area contributed by atoms with E-state index in [2.05, 4.69) is 0 Å². The molecule has 2 heterocycles. The molecular formula is C18H20N2O4S. The SMILES string of the molecule is O=C(CN1C(=O)S/C(=C\c2ccc(O)cc2)C1=O)N1CCCCCC1. The first kappa shape index (κ1) is 17.5. The van der Waals surface area contributed by atoms with Gasteiger partial charge in [0.1, 0.15) is 12.3 Å². The molecule has 0 saturated carbocycles. The number of phenolic OH excluding ortho intramolecular Hbond substituents is 1. The molecule has 0 spiro atoms. The Balaban J connectivity index is 1.68. The average molecular weight is 360 g/mol. The molecule has 1 aromatic carbocycles. The number of imide groups is 1. The molecule has 0 radical (unpaired) electrons. The van der Waals surface area contributed by atoms with E-state index >= 15 is 0 Å². The normalized spacial score (nSPS) is 20.2. The Morgan fingerprint density at radius 2 is 1.72 bits per heavy atom. The molecule has 1 aromatic rings. The van der Waals surface area contributed by atoms with Crippen LogP contribution in [0.15, 0.2) is 29.2 Å². The highest BCUT2D eigenvalue weighted by Crippen LogP contribution is 2.32. The van der Waals surface area contributed by atoms with E-state index in [0.29, 0.717) is 23.6 Å². The fourth-order valence-corrected chi connectivity index (χ4v) is 3.75. The molecule has 132 valence electrons. The molecule has 2 saturated heterocycles. The van der Waals surface area contributed by atoms with Crippen molar-refractivity contribution in [2.45, 2.75) is 25.7 Å². The van der Waals surface area contributed by atoms with Crippen LogP contribution in [-0.4, -0.2) is 51.6 Å². The number of likely N-dealkylation sites (tertiary alicyclic amines) is 1. The third-order valence-electron chi connectivity index (χ3n) is 4.32. The van der Waals surface area contributed by atoms with Crippen molar-refractivity contribution in [2.24, 2.45) is 0 Å². The van der Waals surface area contributed by atoms with Crippen LogP contribution < -0.4 is 0 Å². The van der Waals surface area contributed by atoms with Crippen molar-refractivity contribution in [2.75, 3.05) is 19.6 Å². The molecule has 0 unspecified atom stereocenters. The van der Waals surface area contributed by atoms with Gasteiger partial charge < -0.3 is 10.0 Å². The number of nitrogens with zero attached hydrogens (tertiary/aromatic N) is 2. The van der Waals surface area contributed by atoms with Gasteiger partial charge in [0.15, 0.2) is 0 Å². The van der Waals surface area contributed by atoms with Crippen LogP contribution in [-0.2, 0) is 9.59 Å². The predicted octanol–water partition coefficient (Wildman–Crippen LogP) is 2.83. The van der Waals surface area contributed by atoms with Gasteiger partial charge in [0.2, 0.25) is 5.91 Å². The van der Waals surface area contributed by atoms with Crippen LogP contribution in [0.1, 0.15) is 31.2 Å². The van der Waals surface area contributed by atoms with E-state index in [1.54, 1.807) is 23.1 Å². The molecule has 1 N–H and O–H groups in total. The lowest BCUT2D eigenvalue weighted by Crippen LogP contribution is -2.42. The average Bonchev–Trinajstić information content (AvgIpc) is 2.80.